The summed E-state index contributed by atoms with van der Waals surface area (Å²) in [6.07, 6.45) is 5.56. The van der Waals surface area contributed by atoms with Gasteiger partial charge in [0.2, 0.25) is 0 Å². The van der Waals surface area contributed by atoms with Crippen LogP contribution in [0.1, 0.15) is 11.3 Å². The number of nitrogens with zero attached hydrogens (tertiary/aromatic N) is 4. The zero-order valence-electron chi connectivity index (χ0n) is 16.8. The predicted molar refractivity (Wildman–Crippen MR) is 117 cm³/mol. The lowest BCUT2D eigenvalue weighted by molar-refractivity contribution is 0.621. The smallest absolute Gasteiger partial charge is 0.191 e. The van der Waals surface area contributed by atoms with Crippen molar-refractivity contribution in [3.63, 3.8) is 0 Å². The second kappa shape index (κ2) is 8.66. The summed E-state index contributed by atoms with van der Waals surface area (Å²) >= 11 is 0. The van der Waals surface area contributed by atoms with Gasteiger partial charge in [-0.05, 0) is 47.9 Å². The van der Waals surface area contributed by atoms with Crippen LogP contribution in [0, 0.1) is 23.6 Å². The van der Waals surface area contributed by atoms with Crippen LogP contribution in [-0.2, 0) is 6.54 Å². The number of nitrogens with one attached hydrogen (secondary N) is 3. The van der Waals surface area contributed by atoms with Gasteiger partial charge >= 0.3 is 0 Å². The van der Waals surface area contributed by atoms with Crippen molar-refractivity contribution in [2.75, 3.05) is 5.32 Å². The monoisotopic (exact) mass is 413 g/mol. The zero-order chi connectivity index (χ0) is 21.8. The molecule has 0 spiro atoms. The Balaban J connectivity index is 1.52. The average Bonchev–Trinajstić information content (AvgIpc) is 2.79. The van der Waals surface area contributed by atoms with Crippen molar-refractivity contribution in [3.05, 3.63) is 89.8 Å². The number of anilines is 1. The van der Waals surface area contributed by atoms with E-state index in [1.54, 1.807) is 12.3 Å². The van der Waals surface area contributed by atoms with E-state index in [-0.39, 0.29) is 17.0 Å². The first kappa shape index (κ1) is 20.1. The van der Waals surface area contributed by atoms with Crippen LogP contribution in [-0.4, -0.2) is 25.9 Å². The van der Waals surface area contributed by atoms with Gasteiger partial charge < -0.3 is 5.32 Å². The van der Waals surface area contributed by atoms with E-state index in [1.807, 2.05) is 43.3 Å². The molecule has 0 aliphatic carbocycles. The van der Waals surface area contributed by atoms with Crippen LogP contribution >= 0.6 is 0 Å². The quantitative estimate of drug-likeness (QED) is 0.328. The van der Waals surface area contributed by atoms with E-state index in [2.05, 4.69) is 20.3 Å². The minimum atomic E-state index is -0.583. The first-order chi connectivity index (χ1) is 15.0. The van der Waals surface area contributed by atoms with Crippen molar-refractivity contribution in [1.82, 2.24) is 19.5 Å². The summed E-state index contributed by atoms with van der Waals surface area (Å²) in [5, 5.41) is 18.1. The molecule has 3 N–H and O–H groups in total. The van der Waals surface area contributed by atoms with Crippen LogP contribution in [0.15, 0.2) is 67.3 Å². The fourth-order valence-corrected chi connectivity index (χ4v) is 3.18. The third kappa shape index (κ3) is 4.37. The summed E-state index contributed by atoms with van der Waals surface area (Å²) in [6.45, 7) is 2.35. The Bertz CT molecular complexity index is 1300. The van der Waals surface area contributed by atoms with Crippen LogP contribution in [0.4, 0.5) is 10.2 Å². The highest BCUT2D eigenvalue weighted by Gasteiger charge is 2.13. The molecular weight excluding hydrogens is 393 g/mol. The molecule has 3 heterocycles. The highest BCUT2D eigenvalue weighted by Crippen LogP contribution is 2.24. The van der Waals surface area contributed by atoms with Crippen molar-refractivity contribution < 1.29 is 4.39 Å². The molecule has 0 amide bonds. The van der Waals surface area contributed by atoms with Gasteiger partial charge in [0.25, 0.3) is 0 Å². The summed E-state index contributed by atoms with van der Waals surface area (Å²) in [6, 6.07) is 15.1. The maximum Gasteiger partial charge on any atom is 0.191 e. The highest BCUT2D eigenvalue weighted by atomic mass is 19.1. The summed E-state index contributed by atoms with van der Waals surface area (Å²) in [5.74, 6) is -0.490. The van der Waals surface area contributed by atoms with Crippen LogP contribution in [0.3, 0.4) is 0 Å². The summed E-state index contributed by atoms with van der Waals surface area (Å²) in [7, 11) is 0. The number of rotatable bonds is 6. The Morgan fingerprint density at radius 3 is 2.52 bits per heavy atom. The van der Waals surface area contributed by atoms with E-state index in [4.69, 9.17) is 10.8 Å². The van der Waals surface area contributed by atoms with Crippen LogP contribution < -0.4 is 10.8 Å². The maximum atomic E-state index is 15.0. The normalized spacial score (nSPS) is 10.6. The molecule has 1 aromatic carbocycles. The molecule has 154 valence electrons. The standard InChI is InChI=1S/C23H20FN7/c1-15-10-18(8-9-27-15)17-4-2-16(3-5-17)11-28-23-21(24)22(29-14-30-23)19-6-7-20(26)31(12-19)13-25/h2-10,12-14,25-26H,11H2,1H3,(H,28,29,30). The molecule has 3 aromatic heterocycles. The van der Waals surface area contributed by atoms with E-state index >= 15 is 4.39 Å². The molecule has 0 unspecified atom stereocenters. The van der Waals surface area contributed by atoms with Gasteiger partial charge in [-0.15, -0.1) is 0 Å². The van der Waals surface area contributed by atoms with E-state index in [0.29, 0.717) is 12.1 Å². The van der Waals surface area contributed by atoms with Crippen LogP contribution in [0.5, 0.6) is 0 Å². The third-order valence-corrected chi connectivity index (χ3v) is 4.82. The third-order valence-electron chi connectivity index (χ3n) is 4.82. The molecule has 0 aliphatic heterocycles. The first-order valence-corrected chi connectivity index (χ1v) is 9.59. The molecule has 0 bridgehead atoms. The number of pyridine rings is 2. The summed E-state index contributed by atoms with van der Waals surface area (Å²) in [4.78, 5) is 12.3. The summed E-state index contributed by atoms with van der Waals surface area (Å²) in [5.41, 5.74) is 4.81. The highest BCUT2D eigenvalue weighted by molar-refractivity contribution is 5.66. The molecule has 0 fully saturated rings. The van der Waals surface area contributed by atoms with Gasteiger partial charge in [-0.1, -0.05) is 24.3 Å². The van der Waals surface area contributed by atoms with Gasteiger partial charge in [0, 0.05) is 30.2 Å². The first-order valence-electron chi connectivity index (χ1n) is 9.59. The summed E-state index contributed by atoms with van der Waals surface area (Å²) < 4.78 is 16.3. The minimum Gasteiger partial charge on any atom is -0.363 e. The van der Waals surface area contributed by atoms with E-state index in [1.165, 1.54) is 23.2 Å². The molecule has 8 heteroatoms. The molecule has 31 heavy (non-hydrogen) atoms. The Kier molecular flexibility index (Phi) is 5.61. The van der Waals surface area contributed by atoms with Crippen molar-refractivity contribution >= 4 is 12.2 Å². The number of benzene rings is 1. The maximum absolute atomic E-state index is 15.0. The second-order valence-electron chi connectivity index (χ2n) is 6.96. The molecule has 4 aromatic rings. The molecule has 0 aliphatic rings. The van der Waals surface area contributed by atoms with Crippen molar-refractivity contribution in [1.29, 1.82) is 10.8 Å². The Morgan fingerprint density at radius 2 is 1.77 bits per heavy atom. The van der Waals surface area contributed by atoms with Gasteiger partial charge in [-0.2, -0.15) is 0 Å². The lowest BCUT2D eigenvalue weighted by Gasteiger charge is -2.11. The van der Waals surface area contributed by atoms with Crippen LogP contribution in [0.25, 0.3) is 22.4 Å². The van der Waals surface area contributed by atoms with Gasteiger partial charge in [-0.25, -0.2) is 14.4 Å². The average molecular weight is 413 g/mol. The SMILES string of the molecule is Cc1cc(-c2ccc(CNc3ncnc(-c4ccc(=N)n(C=N)c4)c3F)cc2)ccn1. The van der Waals surface area contributed by atoms with E-state index in [0.717, 1.165) is 28.7 Å². The Labute approximate surface area is 178 Å². The van der Waals surface area contributed by atoms with E-state index < -0.39 is 5.82 Å². The molecule has 0 saturated heterocycles. The number of hydrogen-bond donors (Lipinski definition) is 3. The Morgan fingerprint density at radius 1 is 1.00 bits per heavy atom. The number of aryl methyl sites for hydroxylation is 1. The topological polar surface area (TPSA) is 103 Å². The van der Waals surface area contributed by atoms with Gasteiger partial charge in [0.05, 0.1) is 6.34 Å². The lowest BCUT2D eigenvalue weighted by Crippen LogP contribution is -2.17. The fourth-order valence-electron chi connectivity index (χ4n) is 3.18. The second-order valence-corrected chi connectivity index (χ2v) is 6.96. The van der Waals surface area contributed by atoms with Crippen molar-refractivity contribution in [3.8, 4) is 22.4 Å². The zero-order valence-corrected chi connectivity index (χ0v) is 16.8. The molecule has 0 radical (unpaired) electrons. The molecule has 4 rings (SSSR count). The van der Waals surface area contributed by atoms with Gasteiger partial charge in [0.1, 0.15) is 17.5 Å². The Hall–Kier alpha value is -4.20. The molecule has 0 saturated carbocycles. The molecule has 0 atom stereocenters. The molecular formula is C23H20FN7. The van der Waals surface area contributed by atoms with Gasteiger partial charge in [-0.3, -0.25) is 20.4 Å². The minimum absolute atomic E-state index is 0.0928. The number of aromatic nitrogens is 4. The fraction of sp³-hybridized carbons (Fsp3) is 0.0870. The largest absolute Gasteiger partial charge is 0.363 e. The number of hydrogen-bond acceptors (Lipinski definition) is 6. The van der Waals surface area contributed by atoms with Gasteiger partial charge in [0.15, 0.2) is 11.6 Å². The lowest BCUT2D eigenvalue weighted by atomic mass is 10.0. The molecule has 7 nitrogen and oxygen atoms in total. The van der Waals surface area contributed by atoms with Crippen molar-refractivity contribution in [2.45, 2.75) is 13.5 Å². The van der Waals surface area contributed by atoms with E-state index in [9.17, 15) is 0 Å². The number of halogens is 1. The van der Waals surface area contributed by atoms with Crippen LogP contribution in [0.2, 0.25) is 0 Å². The van der Waals surface area contributed by atoms with Crippen molar-refractivity contribution in [2.24, 2.45) is 0 Å². The predicted octanol–water partition coefficient (Wildman–Crippen LogP) is 4.00.